The van der Waals surface area contributed by atoms with Crippen LogP contribution in [0.1, 0.15) is 12.8 Å². The van der Waals surface area contributed by atoms with Crippen LogP contribution in [0.15, 0.2) is 0 Å². The second-order valence-electron chi connectivity index (χ2n) is 12.3. The van der Waals surface area contributed by atoms with Crippen LogP contribution in [-0.4, -0.2) is 184 Å². The minimum absolute atomic E-state index is 0.0720. The van der Waals surface area contributed by atoms with Gasteiger partial charge in [0.25, 0.3) is 0 Å². The number of ether oxygens (including phenoxy) is 6. The zero-order valence-corrected chi connectivity index (χ0v) is 25.7. The van der Waals surface area contributed by atoms with Crippen LogP contribution in [0.3, 0.4) is 0 Å². The molecule has 274 valence electrons. The summed E-state index contributed by atoms with van der Waals surface area (Å²) in [7, 11) is 0. The second-order valence-corrected chi connectivity index (χ2v) is 12.3. The van der Waals surface area contributed by atoms with Crippen molar-refractivity contribution in [1.82, 2.24) is 5.32 Å². The molecule has 21 heteroatoms. The first-order chi connectivity index (χ1) is 22.3. The summed E-state index contributed by atoms with van der Waals surface area (Å²) < 4.78 is 35.4. The molecule has 0 aromatic heterocycles. The van der Waals surface area contributed by atoms with E-state index in [1.807, 2.05) is 0 Å². The van der Waals surface area contributed by atoms with Gasteiger partial charge < -0.3 is 104 Å². The molecular weight excluding hydrogens is 634 g/mol. The topological polar surface area (TPSA) is 382 Å². The van der Waals surface area contributed by atoms with Crippen molar-refractivity contribution >= 4 is 5.91 Å². The van der Waals surface area contributed by atoms with Crippen LogP contribution < -0.4 is 39.7 Å². The first-order valence-electron chi connectivity index (χ1n) is 15.5. The zero-order valence-electron chi connectivity index (χ0n) is 25.7. The molecule has 3 unspecified atom stereocenters. The van der Waals surface area contributed by atoms with Crippen LogP contribution in [0.4, 0.5) is 0 Å². The highest BCUT2D eigenvalue weighted by Gasteiger charge is 2.52. The lowest BCUT2D eigenvalue weighted by atomic mass is 9.83. The number of rotatable bonds is 12. The second kappa shape index (κ2) is 16.6. The largest absolute Gasteiger partial charge is 0.394 e. The van der Waals surface area contributed by atoms with Gasteiger partial charge in [-0.3, -0.25) is 4.79 Å². The van der Waals surface area contributed by atoms with Crippen LogP contribution in [0.25, 0.3) is 0 Å². The van der Waals surface area contributed by atoms with E-state index in [-0.39, 0.29) is 32.5 Å². The van der Waals surface area contributed by atoms with E-state index in [1.54, 1.807) is 0 Å². The van der Waals surface area contributed by atoms with Crippen molar-refractivity contribution in [2.24, 2.45) is 34.4 Å². The predicted molar refractivity (Wildman–Crippen MR) is 156 cm³/mol. The summed E-state index contributed by atoms with van der Waals surface area (Å²) in [6.07, 6.45) is -19.3. The van der Waals surface area contributed by atoms with E-state index < -0.39 is 129 Å². The molecule has 3 heterocycles. The quantitative estimate of drug-likeness (QED) is 0.0906. The maximum Gasteiger partial charge on any atom is 0.250 e. The van der Waals surface area contributed by atoms with Gasteiger partial charge in [0.2, 0.25) is 5.91 Å². The van der Waals surface area contributed by atoms with Gasteiger partial charge in [0, 0.05) is 32.1 Å². The normalized spacial score (nSPS) is 48.3. The maximum atomic E-state index is 12.5. The van der Waals surface area contributed by atoms with E-state index in [4.69, 9.17) is 62.8 Å². The smallest absolute Gasteiger partial charge is 0.250 e. The number of amides is 1. The Kier molecular flexibility index (Phi) is 13.6. The summed E-state index contributed by atoms with van der Waals surface area (Å²) >= 11 is 0. The fourth-order valence-corrected chi connectivity index (χ4v) is 6.21. The van der Waals surface area contributed by atoms with Gasteiger partial charge in [-0.05, 0) is 6.42 Å². The molecule has 0 aromatic carbocycles. The third-order valence-electron chi connectivity index (χ3n) is 9.09. The Labute approximate surface area is 270 Å². The van der Waals surface area contributed by atoms with Crippen molar-refractivity contribution in [1.29, 1.82) is 0 Å². The fraction of sp³-hybridized carbons (Fsp3) is 0.962. The van der Waals surface area contributed by atoms with Crippen molar-refractivity contribution in [3.63, 3.8) is 0 Å². The molecular formula is C26H51N7O14. The minimum atomic E-state index is -1.56. The van der Waals surface area contributed by atoms with E-state index in [0.717, 1.165) is 0 Å². The van der Waals surface area contributed by atoms with E-state index >= 15 is 0 Å². The maximum absolute atomic E-state index is 12.5. The van der Waals surface area contributed by atoms with Gasteiger partial charge in [-0.25, -0.2) is 0 Å². The number of nitrogens with two attached hydrogens (primary N) is 6. The monoisotopic (exact) mass is 685 g/mol. The van der Waals surface area contributed by atoms with Gasteiger partial charge in [-0.15, -0.1) is 0 Å². The number of carbonyl (C=O) groups is 1. The SMILES string of the molecule is NC[C@@H]1O[C@H](O[C@H]2C[C@H](OC3[C@H](O[C@H]4O[C@H](CN)[C@@H](O)[C@@H](O)[C@H]4N)C(N)C[C@@H](NC(=O)[C@@H](O)CN)[C@@H]3O)O[C@@H]2CO)[C@H](N)C(O)[C@@H]1O. The van der Waals surface area contributed by atoms with E-state index in [0.29, 0.717) is 0 Å². The van der Waals surface area contributed by atoms with Crippen molar-refractivity contribution in [2.45, 2.75) is 129 Å². The van der Waals surface area contributed by atoms with Gasteiger partial charge in [0.05, 0.1) is 30.8 Å². The van der Waals surface area contributed by atoms with Gasteiger partial charge in [0.1, 0.15) is 67.1 Å². The highest BCUT2D eigenvalue weighted by atomic mass is 16.7. The minimum Gasteiger partial charge on any atom is -0.394 e. The number of aliphatic hydroxyl groups excluding tert-OH is 7. The predicted octanol–water partition coefficient (Wildman–Crippen LogP) is -9.39. The third kappa shape index (κ3) is 8.37. The average molecular weight is 686 g/mol. The fourth-order valence-electron chi connectivity index (χ4n) is 6.21. The first kappa shape index (κ1) is 38.5. The number of nitrogens with one attached hydrogen (secondary N) is 1. The Hall–Kier alpha value is -1.29. The number of hydrogen-bond acceptors (Lipinski definition) is 20. The highest BCUT2D eigenvalue weighted by Crippen LogP contribution is 2.34. The standard InChI is InChI=1S/C26H51N7O14/c27-3-9(35)24(41)33-8-1-7(30)22(47-26-16(32)21(40)19(38)12(5-29)45-26)23(17(8)36)46-14-2-10(13(6-34)42-14)43-25-15(31)20(39)18(37)11(4-28)44-25/h7-23,25-26,34-40H,1-6,27-32H2,(H,33,41)/t7?,8-,9+,10+,11+,12-,13-,14+,15-,16-,17+,18-,19-,20?,21+,22-,23?,25+,26-/m1/s1. The Morgan fingerprint density at radius 1 is 0.745 bits per heavy atom. The van der Waals surface area contributed by atoms with Crippen molar-refractivity contribution in [3.8, 4) is 0 Å². The molecule has 0 aromatic rings. The molecule has 3 aliphatic heterocycles. The van der Waals surface area contributed by atoms with Crippen molar-refractivity contribution in [3.05, 3.63) is 0 Å². The Morgan fingerprint density at radius 2 is 1.30 bits per heavy atom. The van der Waals surface area contributed by atoms with Gasteiger partial charge in [-0.2, -0.15) is 0 Å². The molecule has 1 amide bonds. The van der Waals surface area contributed by atoms with Crippen LogP contribution in [-0.2, 0) is 33.2 Å². The lowest BCUT2D eigenvalue weighted by Gasteiger charge is -2.47. The summed E-state index contributed by atoms with van der Waals surface area (Å²) in [5, 5.41) is 75.2. The molecule has 4 fully saturated rings. The molecule has 20 N–H and O–H groups in total. The van der Waals surface area contributed by atoms with Gasteiger partial charge in [-0.1, -0.05) is 0 Å². The molecule has 4 rings (SSSR count). The molecule has 21 nitrogen and oxygen atoms in total. The Morgan fingerprint density at radius 3 is 1.81 bits per heavy atom. The van der Waals surface area contributed by atoms with Crippen molar-refractivity contribution < 1.29 is 69.0 Å². The molecule has 1 aliphatic carbocycles. The molecule has 1 saturated carbocycles. The Balaban J connectivity index is 1.53. The Bertz CT molecular complexity index is 1010. The van der Waals surface area contributed by atoms with Crippen LogP contribution in [0.5, 0.6) is 0 Å². The molecule has 0 radical (unpaired) electrons. The lowest BCUT2D eigenvalue weighted by molar-refractivity contribution is -0.303. The average Bonchev–Trinajstić information content (AvgIpc) is 3.45. The summed E-state index contributed by atoms with van der Waals surface area (Å²) in [6, 6.07) is -4.48. The zero-order chi connectivity index (χ0) is 34.7. The van der Waals surface area contributed by atoms with Crippen LogP contribution >= 0.6 is 0 Å². The first-order valence-corrected chi connectivity index (χ1v) is 15.5. The molecule has 19 atom stereocenters. The number of hydrogen-bond donors (Lipinski definition) is 14. The van der Waals surface area contributed by atoms with E-state index in [9.17, 15) is 40.5 Å². The summed E-state index contributed by atoms with van der Waals surface area (Å²) in [6.45, 7) is -1.25. The summed E-state index contributed by atoms with van der Waals surface area (Å²) in [4.78, 5) is 12.5. The van der Waals surface area contributed by atoms with E-state index in [2.05, 4.69) is 5.32 Å². The van der Waals surface area contributed by atoms with Crippen molar-refractivity contribution in [2.75, 3.05) is 26.2 Å². The number of aliphatic hydroxyl groups is 7. The number of carbonyl (C=O) groups excluding carboxylic acids is 1. The van der Waals surface area contributed by atoms with Crippen LogP contribution in [0.2, 0.25) is 0 Å². The van der Waals surface area contributed by atoms with Gasteiger partial charge in [0.15, 0.2) is 18.9 Å². The van der Waals surface area contributed by atoms with Crippen LogP contribution in [0, 0.1) is 0 Å². The molecule has 47 heavy (non-hydrogen) atoms. The lowest BCUT2D eigenvalue weighted by Crippen LogP contribution is -2.69. The summed E-state index contributed by atoms with van der Waals surface area (Å²) in [5.74, 6) is -0.861. The molecule has 3 saturated heterocycles. The molecule has 0 spiro atoms. The third-order valence-corrected chi connectivity index (χ3v) is 9.09. The molecule has 0 bridgehead atoms. The van der Waals surface area contributed by atoms with E-state index in [1.165, 1.54) is 0 Å². The summed E-state index contributed by atoms with van der Waals surface area (Å²) in [5.41, 5.74) is 35.3. The van der Waals surface area contributed by atoms with Gasteiger partial charge >= 0.3 is 0 Å². The highest BCUT2D eigenvalue weighted by molar-refractivity contribution is 5.81. The molecule has 4 aliphatic rings.